The van der Waals surface area contributed by atoms with Gasteiger partial charge in [-0.25, -0.2) is 4.99 Å². The molecule has 1 aromatic heterocycles. The standard InChI is InChI=1S/C7H7Cl3N4/c1-14(2)3-11-7-12-5(9)4(8)6(10)13-7/h3H,1-2H3/b11-3+. The van der Waals surface area contributed by atoms with Gasteiger partial charge in [-0.1, -0.05) is 34.8 Å². The van der Waals surface area contributed by atoms with E-state index >= 15 is 0 Å². The zero-order chi connectivity index (χ0) is 10.7. The molecule has 7 heteroatoms. The topological polar surface area (TPSA) is 41.4 Å². The van der Waals surface area contributed by atoms with Crippen LogP contribution >= 0.6 is 34.8 Å². The van der Waals surface area contributed by atoms with Gasteiger partial charge in [-0.3, -0.25) is 0 Å². The second-order valence-electron chi connectivity index (χ2n) is 2.63. The molecule has 0 aliphatic rings. The summed E-state index contributed by atoms with van der Waals surface area (Å²) >= 11 is 17.0. The van der Waals surface area contributed by atoms with Crippen molar-refractivity contribution < 1.29 is 0 Å². The Hall–Kier alpha value is -0.580. The molecule has 1 heterocycles. The van der Waals surface area contributed by atoms with Crippen LogP contribution in [0.5, 0.6) is 0 Å². The third kappa shape index (κ3) is 2.97. The van der Waals surface area contributed by atoms with Crippen molar-refractivity contribution >= 4 is 47.1 Å². The Bertz CT molecular complexity index is 341. The SMILES string of the molecule is CN(C)/C=N/c1nc(Cl)c(Cl)c(Cl)n1. The summed E-state index contributed by atoms with van der Waals surface area (Å²) in [7, 11) is 3.64. The zero-order valence-corrected chi connectivity index (χ0v) is 9.77. The van der Waals surface area contributed by atoms with Crippen LogP contribution in [0, 0.1) is 0 Å². The van der Waals surface area contributed by atoms with Gasteiger partial charge in [0.15, 0.2) is 10.3 Å². The van der Waals surface area contributed by atoms with Crippen molar-refractivity contribution in [2.24, 2.45) is 4.99 Å². The van der Waals surface area contributed by atoms with Crippen LogP contribution in [0.15, 0.2) is 4.99 Å². The summed E-state index contributed by atoms with van der Waals surface area (Å²) in [5.74, 6) is 0.179. The van der Waals surface area contributed by atoms with Crippen molar-refractivity contribution in [2.75, 3.05) is 14.1 Å². The molecule has 0 atom stereocenters. The smallest absolute Gasteiger partial charge is 0.253 e. The highest BCUT2D eigenvalue weighted by Gasteiger charge is 2.07. The molecule has 4 nitrogen and oxygen atoms in total. The van der Waals surface area contributed by atoms with Crippen LogP contribution in [-0.4, -0.2) is 35.3 Å². The third-order valence-electron chi connectivity index (χ3n) is 1.16. The lowest BCUT2D eigenvalue weighted by Crippen LogP contribution is -2.07. The van der Waals surface area contributed by atoms with E-state index in [9.17, 15) is 0 Å². The maximum atomic E-state index is 5.68. The van der Waals surface area contributed by atoms with Gasteiger partial charge < -0.3 is 4.90 Å². The molecule has 0 aromatic carbocycles. The minimum Gasteiger partial charge on any atom is -0.369 e. The van der Waals surface area contributed by atoms with Crippen LogP contribution in [0.1, 0.15) is 0 Å². The first-order valence-corrected chi connectivity index (χ1v) is 4.73. The molecule has 0 bridgehead atoms. The number of nitrogens with zero attached hydrogens (tertiary/aromatic N) is 4. The molecule has 0 aliphatic carbocycles. The van der Waals surface area contributed by atoms with Crippen molar-refractivity contribution in [2.45, 2.75) is 0 Å². The van der Waals surface area contributed by atoms with Crippen molar-refractivity contribution in [1.82, 2.24) is 14.9 Å². The minimum atomic E-state index is 0.0950. The fourth-order valence-corrected chi connectivity index (χ4v) is 1.07. The van der Waals surface area contributed by atoms with Crippen LogP contribution in [0.4, 0.5) is 5.95 Å². The molecule has 0 aliphatic heterocycles. The summed E-state index contributed by atoms with van der Waals surface area (Å²) in [4.78, 5) is 13.3. The van der Waals surface area contributed by atoms with Gasteiger partial charge in [-0.2, -0.15) is 9.97 Å². The van der Waals surface area contributed by atoms with Crippen LogP contribution in [0.2, 0.25) is 15.3 Å². The van der Waals surface area contributed by atoms with E-state index in [1.165, 1.54) is 6.34 Å². The highest BCUT2D eigenvalue weighted by Crippen LogP contribution is 2.28. The van der Waals surface area contributed by atoms with Crippen LogP contribution in [-0.2, 0) is 0 Å². The van der Waals surface area contributed by atoms with Gasteiger partial charge in [0.1, 0.15) is 5.02 Å². The number of aromatic nitrogens is 2. The molecule has 0 amide bonds. The number of halogens is 3. The number of hydrogen-bond acceptors (Lipinski definition) is 3. The summed E-state index contributed by atoms with van der Waals surface area (Å²) in [6.45, 7) is 0. The molecular weight excluding hydrogens is 246 g/mol. The van der Waals surface area contributed by atoms with Gasteiger partial charge >= 0.3 is 0 Å². The van der Waals surface area contributed by atoms with Gasteiger partial charge in [-0.15, -0.1) is 0 Å². The normalized spacial score (nSPS) is 10.9. The molecule has 0 saturated heterocycles. The van der Waals surface area contributed by atoms with Gasteiger partial charge in [-0.05, 0) is 0 Å². The lowest BCUT2D eigenvalue weighted by Gasteiger charge is -2.02. The Balaban J connectivity index is 3.01. The Labute approximate surface area is 96.5 Å². The summed E-state index contributed by atoms with van der Waals surface area (Å²) in [6.07, 6.45) is 1.54. The first kappa shape index (κ1) is 11.5. The average molecular weight is 254 g/mol. The molecule has 0 saturated carbocycles. The van der Waals surface area contributed by atoms with E-state index in [-0.39, 0.29) is 21.3 Å². The maximum absolute atomic E-state index is 5.68. The van der Waals surface area contributed by atoms with Crippen LogP contribution in [0.25, 0.3) is 0 Å². The summed E-state index contributed by atoms with van der Waals surface area (Å²) in [5, 5.41) is 0.326. The minimum absolute atomic E-state index is 0.0950. The number of aliphatic imine (C=N–C) groups is 1. The fourth-order valence-electron chi connectivity index (χ4n) is 0.609. The Morgan fingerprint density at radius 3 is 2.07 bits per heavy atom. The van der Waals surface area contributed by atoms with E-state index < -0.39 is 0 Å². The van der Waals surface area contributed by atoms with E-state index in [4.69, 9.17) is 34.8 Å². The van der Waals surface area contributed by atoms with E-state index in [1.807, 2.05) is 14.1 Å². The first-order chi connectivity index (χ1) is 6.50. The highest BCUT2D eigenvalue weighted by molar-refractivity contribution is 6.46. The molecule has 0 spiro atoms. The Morgan fingerprint density at radius 2 is 1.64 bits per heavy atom. The molecular formula is C7H7Cl3N4. The summed E-state index contributed by atoms with van der Waals surface area (Å²) < 4.78 is 0. The van der Waals surface area contributed by atoms with Gasteiger partial charge in [0.2, 0.25) is 0 Å². The third-order valence-corrected chi connectivity index (χ3v) is 2.26. The second-order valence-corrected chi connectivity index (χ2v) is 3.72. The van der Waals surface area contributed by atoms with Crippen molar-refractivity contribution in [3.8, 4) is 0 Å². The van der Waals surface area contributed by atoms with Crippen molar-refractivity contribution in [3.63, 3.8) is 0 Å². The molecule has 0 fully saturated rings. The quantitative estimate of drug-likeness (QED) is 0.462. The van der Waals surface area contributed by atoms with Crippen LogP contribution in [0.3, 0.4) is 0 Å². The van der Waals surface area contributed by atoms with Crippen LogP contribution < -0.4 is 0 Å². The predicted octanol–water partition coefficient (Wildman–Crippen LogP) is 2.66. The van der Waals surface area contributed by atoms with Crippen molar-refractivity contribution in [3.05, 3.63) is 15.3 Å². The fraction of sp³-hybridized carbons (Fsp3) is 0.286. The average Bonchev–Trinajstić information content (AvgIpc) is 2.10. The Morgan fingerprint density at radius 1 is 1.14 bits per heavy atom. The maximum Gasteiger partial charge on any atom is 0.253 e. The van der Waals surface area contributed by atoms with Gasteiger partial charge in [0.05, 0.1) is 6.34 Å². The van der Waals surface area contributed by atoms with E-state index in [0.717, 1.165) is 0 Å². The summed E-state index contributed by atoms with van der Waals surface area (Å²) in [5.41, 5.74) is 0. The monoisotopic (exact) mass is 252 g/mol. The zero-order valence-electron chi connectivity index (χ0n) is 7.50. The number of rotatable bonds is 2. The molecule has 0 radical (unpaired) electrons. The molecule has 1 rings (SSSR count). The van der Waals surface area contributed by atoms with Gasteiger partial charge in [0, 0.05) is 14.1 Å². The van der Waals surface area contributed by atoms with Crippen molar-refractivity contribution in [1.29, 1.82) is 0 Å². The van der Waals surface area contributed by atoms with E-state index in [2.05, 4.69) is 15.0 Å². The van der Waals surface area contributed by atoms with Gasteiger partial charge in [0.25, 0.3) is 5.95 Å². The summed E-state index contributed by atoms with van der Waals surface area (Å²) in [6, 6.07) is 0. The second kappa shape index (κ2) is 4.77. The first-order valence-electron chi connectivity index (χ1n) is 3.60. The Kier molecular flexibility index (Phi) is 3.92. The largest absolute Gasteiger partial charge is 0.369 e. The highest BCUT2D eigenvalue weighted by atomic mass is 35.5. The van der Waals surface area contributed by atoms with E-state index in [0.29, 0.717) is 0 Å². The predicted molar refractivity (Wildman–Crippen MR) is 58.9 cm³/mol. The molecule has 0 unspecified atom stereocenters. The molecule has 0 N–H and O–H groups in total. The molecule has 14 heavy (non-hydrogen) atoms. The number of hydrogen-bond donors (Lipinski definition) is 0. The van der Waals surface area contributed by atoms with E-state index in [1.54, 1.807) is 4.90 Å². The molecule has 1 aromatic rings. The molecule has 76 valence electrons. The lowest BCUT2D eigenvalue weighted by molar-refractivity contribution is 0.642. The lowest BCUT2D eigenvalue weighted by atomic mass is 10.6.